The predicted molar refractivity (Wildman–Crippen MR) is 93.5 cm³/mol. The van der Waals surface area contributed by atoms with E-state index >= 15 is 0 Å². The second-order valence-corrected chi connectivity index (χ2v) is 8.46. The Balaban J connectivity index is 1.84. The first-order chi connectivity index (χ1) is 12.2. The molecular weight excluding hydrogens is 382 g/mol. The first-order valence-corrected chi connectivity index (χ1v) is 9.62. The molecule has 3 rings (SSSR count). The summed E-state index contributed by atoms with van der Waals surface area (Å²) in [6.45, 7) is 3.03. The second-order valence-electron chi connectivity index (χ2n) is 6.39. The summed E-state index contributed by atoms with van der Waals surface area (Å²) in [6, 6.07) is -0.679. The Morgan fingerprint density at radius 3 is 2.73 bits per heavy atom. The molecule has 0 saturated carbocycles. The topological polar surface area (TPSA) is 162 Å². The molecule has 0 aromatic carbocycles. The van der Waals surface area contributed by atoms with Crippen LogP contribution in [0.3, 0.4) is 0 Å². The number of rotatable bonds is 6. The van der Waals surface area contributed by atoms with Crippen LogP contribution >= 0.6 is 23.5 Å². The average Bonchev–Trinajstić information content (AvgIpc) is 3.07. The predicted octanol–water partition coefficient (Wildman–Crippen LogP) is -0.160. The van der Waals surface area contributed by atoms with Gasteiger partial charge in [0.15, 0.2) is 0 Å². The van der Waals surface area contributed by atoms with E-state index in [2.05, 4.69) is 15.4 Å². The highest BCUT2D eigenvalue weighted by Crippen LogP contribution is 2.41. The van der Waals surface area contributed by atoms with E-state index < -0.39 is 29.3 Å². The number of aromatic nitrogens is 3. The highest BCUT2D eigenvalue weighted by molar-refractivity contribution is 8.01. The number of carbonyl (C=O) groups is 3. The molecule has 0 spiro atoms. The standard InChI is InChI=1S/C14H17N5O5S2/c1-14(2,13(23)24)8-9(17-18-16-8)25-3-5-4-26-11-6(15)10(20)19(11)7(5)12(21)22/h6,11H,3-4,15H2,1-2H3,(H,21,22)(H,23,24)(H,16,17,18)/t6?,11-/m1/s1. The number of nitrogens with zero attached hydrogens (tertiary/aromatic N) is 3. The molecule has 1 amide bonds. The SMILES string of the molecule is CC(C)(C(=O)O)c1n[nH]nc1SCC1=C(C(=O)O)N2C(=O)C(N)[C@H]2SC1. The number of nitrogens with one attached hydrogen (secondary N) is 1. The number of fused-ring (bicyclic) bond motifs is 1. The quantitative estimate of drug-likeness (QED) is 0.373. The zero-order chi connectivity index (χ0) is 19.2. The summed E-state index contributed by atoms with van der Waals surface area (Å²) in [5, 5.41) is 29.2. The number of β-lactam (4-membered cyclic amide) rings is 1. The van der Waals surface area contributed by atoms with Crippen molar-refractivity contribution in [2.45, 2.75) is 35.7 Å². The van der Waals surface area contributed by atoms with Crippen LogP contribution in [0.15, 0.2) is 16.3 Å². The number of thioether (sulfide) groups is 2. The van der Waals surface area contributed by atoms with E-state index in [1.807, 2.05) is 0 Å². The molecule has 1 aromatic heterocycles. The molecule has 1 aromatic rings. The Labute approximate surface area is 156 Å². The number of hydrogen-bond acceptors (Lipinski definition) is 8. The van der Waals surface area contributed by atoms with Gasteiger partial charge >= 0.3 is 11.9 Å². The van der Waals surface area contributed by atoms with Crippen LogP contribution in [0.25, 0.3) is 0 Å². The van der Waals surface area contributed by atoms with E-state index in [1.54, 1.807) is 0 Å². The minimum absolute atomic E-state index is 0.0458. The fraction of sp³-hybridized carbons (Fsp3) is 0.500. The first kappa shape index (κ1) is 18.7. The molecule has 0 aliphatic carbocycles. The number of aliphatic carboxylic acids is 2. The van der Waals surface area contributed by atoms with E-state index in [-0.39, 0.29) is 22.5 Å². The number of amides is 1. The van der Waals surface area contributed by atoms with Crippen LogP contribution in [0.2, 0.25) is 0 Å². The summed E-state index contributed by atoms with van der Waals surface area (Å²) in [5.74, 6) is -1.97. The van der Waals surface area contributed by atoms with Crippen LogP contribution in [0.4, 0.5) is 0 Å². The van der Waals surface area contributed by atoms with Gasteiger partial charge < -0.3 is 15.9 Å². The Hall–Kier alpha value is -2.05. The third-order valence-corrected chi connectivity index (χ3v) is 6.73. The third kappa shape index (κ3) is 2.87. The van der Waals surface area contributed by atoms with Crippen LogP contribution in [-0.4, -0.2) is 71.3 Å². The van der Waals surface area contributed by atoms with Crippen LogP contribution in [-0.2, 0) is 19.8 Å². The van der Waals surface area contributed by atoms with Crippen molar-refractivity contribution in [2.24, 2.45) is 5.73 Å². The fourth-order valence-electron chi connectivity index (χ4n) is 2.68. The maximum absolute atomic E-state index is 11.9. The molecule has 0 radical (unpaired) electrons. The molecule has 1 saturated heterocycles. The Morgan fingerprint density at radius 2 is 2.12 bits per heavy atom. The van der Waals surface area contributed by atoms with Gasteiger partial charge in [-0.25, -0.2) is 4.79 Å². The Kier molecular flexibility index (Phi) is 4.75. The highest BCUT2D eigenvalue weighted by Gasteiger charge is 2.51. The van der Waals surface area contributed by atoms with Gasteiger partial charge in [0.2, 0.25) is 5.91 Å². The smallest absolute Gasteiger partial charge is 0.352 e. The van der Waals surface area contributed by atoms with Gasteiger partial charge in [-0.2, -0.15) is 10.3 Å². The number of carboxylic acids is 2. The molecule has 2 aliphatic rings. The van der Waals surface area contributed by atoms with Crippen molar-refractivity contribution < 1.29 is 24.6 Å². The van der Waals surface area contributed by atoms with Crippen molar-refractivity contribution in [3.05, 3.63) is 17.0 Å². The summed E-state index contributed by atoms with van der Waals surface area (Å²) >= 11 is 2.60. The summed E-state index contributed by atoms with van der Waals surface area (Å²) in [4.78, 5) is 36.3. The van der Waals surface area contributed by atoms with Crippen LogP contribution in [0.1, 0.15) is 19.5 Å². The third-order valence-electron chi connectivity index (χ3n) is 4.32. The van der Waals surface area contributed by atoms with Crippen molar-refractivity contribution >= 4 is 41.4 Å². The molecule has 10 nitrogen and oxygen atoms in total. The zero-order valence-corrected chi connectivity index (χ0v) is 15.6. The van der Waals surface area contributed by atoms with Crippen LogP contribution < -0.4 is 5.73 Å². The van der Waals surface area contributed by atoms with Crippen molar-refractivity contribution in [1.29, 1.82) is 0 Å². The van der Waals surface area contributed by atoms with Crippen LogP contribution in [0.5, 0.6) is 0 Å². The molecule has 1 unspecified atom stereocenters. The molecule has 2 atom stereocenters. The number of aromatic amines is 1. The van der Waals surface area contributed by atoms with Gasteiger partial charge in [0, 0.05) is 11.5 Å². The lowest BCUT2D eigenvalue weighted by Crippen LogP contribution is -2.68. The molecule has 140 valence electrons. The summed E-state index contributed by atoms with van der Waals surface area (Å²) in [7, 11) is 0. The summed E-state index contributed by atoms with van der Waals surface area (Å²) < 4.78 is 0. The van der Waals surface area contributed by atoms with Gasteiger partial charge in [-0.05, 0) is 19.4 Å². The van der Waals surface area contributed by atoms with Crippen molar-refractivity contribution in [2.75, 3.05) is 11.5 Å². The molecule has 26 heavy (non-hydrogen) atoms. The maximum Gasteiger partial charge on any atom is 0.352 e. The van der Waals surface area contributed by atoms with E-state index in [4.69, 9.17) is 5.73 Å². The first-order valence-electron chi connectivity index (χ1n) is 7.59. The highest BCUT2D eigenvalue weighted by atomic mass is 32.2. The minimum atomic E-state index is -1.24. The lowest BCUT2D eigenvalue weighted by molar-refractivity contribution is -0.147. The largest absolute Gasteiger partial charge is 0.481 e. The Bertz CT molecular complexity index is 820. The van der Waals surface area contributed by atoms with Crippen molar-refractivity contribution in [3.63, 3.8) is 0 Å². The molecule has 12 heteroatoms. The zero-order valence-electron chi connectivity index (χ0n) is 13.9. The second kappa shape index (κ2) is 6.59. The molecule has 3 heterocycles. The monoisotopic (exact) mass is 399 g/mol. The van der Waals surface area contributed by atoms with E-state index in [1.165, 1.54) is 42.3 Å². The molecule has 2 aliphatic heterocycles. The van der Waals surface area contributed by atoms with E-state index in [0.717, 1.165) is 0 Å². The van der Waals surface area contributed by atoms with Gasteiger partial charge in [-0.3, -0.25) is 14.5 Å². The van der Waals surface area contributed by atoms with Gasteiger partial charge in [-0.15, -0.1) is 16.9 Å². The van der Waals surface area contributed by atoms with Gasteiger partial charge in [0.1, 0.15) is 33.2 Å². The summed E-state index contributed by atoms with van der Waals surface area (Å²) in [5.41, 5.74) is 5.27. The lowest BCUT2D eigenvalue weighted by atomic mass is 9.90. The molecular formula is C14H17N5O5S2. The van der Waals surface area contributed by atoms with Gasteiger partial charge in [0.05, 0.1) is 0 Å². The number of carbonyl (C=O) groups excluding carboxylic acids is 1. The van der Waals surface area contributed by atoms with Gasteiger partial charge in [0.25, 0.3) is 0 Å². The minimum Gasteiger partial charge on any atom is -0.481 e. The van der Waals surface area contributed by atoms with E-state index in [0.29, 0.717) is 16.4 Å². The molecule has 0 bridgehead atoms. The number of carboxylic acid groups (broad SMARTS) is 2. The van der Waals surface area contributed by atoms with Crippen LogP contribution in [0, 0.1) is 0 Å². The number of H-pyrrole nitrogens is 1. The normalized spacial score (nSPS) is 22.9. The van der Waals surface area contributed by atoms with Crippen molar-refractivity contribution in [1.82, 2.24) is 20.3 Å². The molecule has 1 fully saturated rings. The maximum atomic E-state index is 11.9. The average molecular weight is 399 g/mol. The number of nitrogens with two attached hydrogens (primary N) is 1. The molecule has 5 N–H and O–H groups in total. The summed E-state index contributed by atoms with van der Waals surface area (Å²) in [6.07, 6.45) is 0. The van der Waals surface area contributed by atoms with E-state index in [9.17, 15) is 24.6 Å². The lowest BCUT2D eigenvalue weighted by Gasteiger charge is -2.48. The number of hydrogen-bond donors (Lipinski definition) is 4. The Morgan fingerprint density at radius 1 is 1.42 bits per heavy atom. The fourth-order valence-corrected chi connectivity index (χ4v) is 5.19. The van der Waals surface area contributed by atoms with Gasteiger partial charge in [-0.1, -0.05) is 11.8 Å². The van der Waals surface area contributed by atoms with Crippen molar-refractivity contribution in [3.8, 4) is 0 Å².